The molecule has 1 N–H and O–H groups in total. The molecule has 4 heteroatoms. The van der Waals surface area contributed by atoms with Crippen LogP contribution in [0.3, 0.4) is 0 Å². The van der Waals surface area contributed by atoms with Crippen molar-refractivity contribution in [1.82, 2.24) is 5.32 Å². The van der Waals surface area contributed by atoms with Crippen molar-refractivity contribution in [2.45, 2.75) is 26.3 Å². The van der Waals surface area contributed by atoms with Gasteiger partial charge >= 0.3 is 0 Å². The van der Waals surface area contributed by atoms with Gasteiger partial charge in [-0.3, -0.25) is 4.79 Å². The number of hydrogen-bond donors (Lipinski definition) is 1. The van der Waals surface area contributed by atoms with Crippen LogP contribution in [0.1, 0.15) is 40.9 Å². The van der Waals surface area contributed by atoms with Gasteiger partial charge in [-0.05, 0) is 42.7 Å². The molecule has 0 saturated heterocycles. The van der Waals surface area contributed by atoms with Gasteiger partial charge in [0.25, 0.3) is 5.91 Å². The fourth-order valence-electron chi connectivity index (χ4n) is 2.42. The van der Waals surface area contributed by atoms with Crippen LogP contribution < -0.4 is 10.1 Å². The predicted octanol–water partition coefficient (Wildman–Crippen LogP) is 4.54. The zero-order valence-corrected chi connectivity index (χ0v) is 13.8. The van der Waals surface area contributed by atoms with Crippen LogP contribution in [0.25, 0.3) is 0 Å². The molecule has 1 atom stereocenters. The van der Waals surface area contributed by atoms with Crippen molar-refractivity contribution in [3.63, 3.8) is 0 Å². The summed E-state index contributed by atoms with van der Waals surface area (Å²) in [5, 5.41) is 3.50. The average Bonchev–Trinajstić information content (AvgIpc) is 2.52. The van der Waals surface area contributed by atoms with E-state index in [1.807, 2.05) is 38.1 Å². The van der Waals surface area contributed by atoms with Crippen LogP contribution in [0, 0.1) is 6.92 Å². The van der Waals surface area contributed by atoms with Gasteiger partial charge in [-0.25, -0.2) is 0 Å². The van der Waals surface area contributed by atoms with E-state index >= 15 is 0 Å². The van der Waals surface area contributed by atoms with E-state index in [1.54, 1.807) is 25.3 Å². The third-order valence-corrected chi connectivity index (χ3v) is 3.98. The lowest BCUT2D eigenvalue weighted by molar-refractivity contribution is 0.0935. The first-order valence-electron chi connectivity index (χ1n) is 7.26. The molecule has 2 aromatic rings. The monoisotopic (exact) mass is 317 g/mol. The van der Waals surface area contributed by atoms with Crippen molar-refractivity contribution < 1.29 is 9.53 Å². The molecule has 2 rings (SSSR count). The highest BCUT2D eigenvalue weighted by atomic mass is 35.5. The summed E-state index contributed by atoms with van der Waals surface area (Å²) in [7, 11) is 1.65. The van der Waals surface area contributed by atoms with Crippen LogP contribution >= 0.6 is 11.6 Å². The van der Waals surface area contributed by atoms with Crippen LogP contribution in [0.2, 0.25) is 5.02 Å². The molecule has 3 nitrogen and oxygen atoms in total. The topological polar surface area (TPSA) is 38.3 Å². The molecule has 22 heavy (non-hydrogen) atoms. The minimum Gasteiger partial charge on any atom is -0.496 e. The number of halogens is 1. The molecule has 0 aliphatic carbocycles. The minimum absolute atomic E-state index is 0.0617. The molecule has 0 bridgehead atoms. The summed E-state index contributed by atoms with van der Waals surface area (Å²) in [5.41, 5.74) is 2.60. The Bertz CT molecular complexity index is 670. The van der Waals surface area contributed by atoms with E-state index in [0.717, 1.165) is 23.3 Å². The Balaban J connectivity index is 2.21. The second-order valence-electron chi connectivity index (χ2n) is 5.14. The molecular weight excluding hydrogens is 298 g/mol. The molecule has 0 aliphatic rings. The first-order chi connectivity index (χ1) is 10.6. The van der Waals surface area contributed by atoms with Crippen LogP contribution in [0.4, 0.5) is 0 Å². The zero-order chi connectivity index (χ0) is 16.1. The number of aryl methyl sites for hydroxylation is 1. The molecule has 0 unspecified atom stereocenters. The summed E-state index contributed by atoms with van der Waals surface area (Å²) in [4.78, 5) is 12.4. The molecule has 0 radical (unpaired) electrons. The largest absolute Gasteiger partial charge is 0.496 e. The van der Waals surface area contributed by atoms with Gasteiger partial charge in [0.15, 0.2) is 0 Å². The van der Waals surface area contributed by atoms with Gasteiger partial charge < -0.3 is 10.1 Å². The molecule has 0 heterocycles. The lowest BCUT2D eigenvalue weighted by Crippen LogP contribution is -2.28. The maximum absolute atomic E-state index is 12.4. The van der Waals surface area contributed by atoms with Gasteiger partial charge in [-0.1, -0.05) is 42.8 Å². The Morgan fingerprint density at radius 1 is 1.27 bits per heavy atom. The van der Waals surface area contributed by atoms with Crippen LogP contribution in [-0.2, 0) is 0 Å². The molecule has 0 aromatic heterocycles. The molecule has 0 saturated carbocycles. The second-order valence-corrected chi connectivity index (χ2v) is 5.55. The van der Waals surface area contributed by atoms with E-state index in [9.17, 15) is 4.79 Å². The third kappa shape index (κ3) is 3.60. The van der Waals surface area contributed by atoms with E-state index in [2.05, 4.69) is 5.32 Å². The van der Waals surface area contributed by atoms with Crippen molar-refractivity contribution in [3.8, 4) is 5.75 Å². The number of carbonyl (C=O) groups excluding carboxylic acids is 1. The van der Waals surface area contributed by atoms with Gasteiger partial charge in [0.1, 0.15) is 5.75 Å². The Hall–Kier alpha value is -2.00. The molecule has 0 aliphatic heterocycles. The number of carbonyl (C=O) groups is 1. The number of benzene rings is 2. The van der Waals surface area contributed by atoms with Crippen molar-refractivity contribution in [1.29, 1.82) is 0 Å². The van der Waals surface area contributed by atoms with Crippen molar-refractivity contribution in [2.75, 3.05) is 7.11 Å². The van der Waals surface area contributed by atoms with Gasteiger partial charge in [0.2, 0.25) is 0 Å². The summed E-state index contributed by atoms with van der Waals surface area (Å²) in [6, 6.07) is 12.9. The highest BCUT2D eigenvalue weighted by Gasteiger charge is 2.16. The van der Waals surface area contributed by atoms with E-state index in [-0.39, 0.29) is 11.9 Å². The third-order valence-electron chi connectivity index (χ3n) is 3.65. The number of ether oxygens (including phenoxy) is 1. The quantitative estimate of drug-likeness (QED) is 0.879. The molecule has 116 valence electrons. The Morgan fingerprint density at radius 3 is 2.59 bits per heavy atom. The number of rotatable bonds is 5. The van der Waals surface area contributed by atoms with E-state index in [4.69, 9.17) is 16.3 Å². The highest BCUT2D eigenvalue weighted by Crippen LogP contribution is 2.25. The minimum atomic E-state index is -0.161. The first kappa shape index (κ1) is 16.4. The summed E-state index contributed by atoms with van der Waals surface area (Å²) in [5.74, 6) is 0.682. The fourth-order valence-corrected chi connectivity index (χ4v) is 2.64. The van der Waals surface area contributed by atoms with Crippen LogP contribution in [-0.4, -0.2) is 13.0 Å². The molecular formula is C18H20ClNO2. The standard InChI is InChI=1S/C18H20ClNO2/c1-4-16(13-9-10-17(22-3)12(2)11-13)20-18(21)14-7-5-6-8-15(14)19/h5-11,16H,4H2,1-3H3,(H,20,21)/t16-/m1/s1. The van der Waals surface area contributed by atoms with Crippen molar-refractivity contribution >= 4 is 17.5 Å². The van der Waals surface area contributed by atoms with Gasteiger partial charge in [-0.2, -0.15) is 0 Å². The van der Waals surface area contributed by atoms with E-state index in [1.165, 1.54) is 0 Å². The summed E-state index contributed by atoms with van der Waals surface area (Å²) >= 11 is 6.08. The maximum Gasteiger partial charge on any atom is 0.253 e. The van der Waals surface area contributed by atoms with Crippen molar-refractivity contribution in [3.05, 3.63) is 64.2 Å². The maximum atomic E-state index is 12.4. The molecule has 1 amide bonds. The Labute approximate surface area is 136 Å². The average molecular weight is 318 g/mol. The smallest absolute Gasteiger partial charge is 0.253 e. The zero-order valence-electron chi connectivity index (χ0n) is 13.0. The number of hydrogen-bond acceptors (Lipinski definition) is 2. The Kier molecular flexibility index (Phi) is 5.45. The van der Waals surface area contributed by atoms with Crippen molar-refractivity contribution in [2.24, 2.45) is 0 Å². The summed E-state index contributed by atoms with van der Waals surface area (Å²) < 4.78 is 5.27. The Morgan fingerprint density at radius 2 is 2.00 bits per heavy atom. The van der Waals surface area contributed by atoms with E-state index in [0.29, 0.717) is 10.6 Å². The molecule has 0 fully saturated rings. The first-order valence-corrected chi connectivity index (χ1v) is 7.64. The number of methoxy groups -OCH3 is 1. The summed E-state index contributed by atoms with van der Waals surface area (Å²) in [6.07, 6.45) is 0.794. The van der Waals surface area contributed by atoms with E-state index < -0.39 is 0 Å². The molecule has 0 spiro atoms. The normalized spacial score (nSPS) is 11.8. The van der Waals surface area contributed by atoms with Gasteiger partial charge in [0, 0.05) is 0 Å². The lowest BCUT2D eigenvalue weighted by Gasteiger charge is -2.19. The lowest BCUT2D eigenvalue weighted by atomic mass is 10.0. The van der Waals surface area contributed by atoms with Crippen LogP contribution in [0.5, 0.6) is 5.75 Å². The second kappa shape index (κ2) is 7.32. The van der Waals surface area contributed by atoms with Gasteiger partial charge in [0.05, 0.1) is 23.7 Å². The molecule has 2 aromatic carbocycles. The van der Waals surface area contributed by atoms with Crippen LogP contribution in [0.15, 0.2) is 42.5 Å². The number of nitrogens with one attached hydrogen (secondary N) is 1. The fraction of sp³-hybridized carbons (Fsp3) is 0.278. The summed E-state index contributed by atoms with van der Waals surface area (Å²) in [6.45, 7) is 4.03. The predicted molar refractivity (Wildman–Crippen MR) is 89.7 cm³/mol. The van der Waals surface area contributed by atoms with Gasteiger partial charge in [-0.15, -0.1) is 0 Å². The highest BCUT2D eigenvalue weighted by molar-refractivity contribution is 6.33. The SMILES string of the molecule is CC[C@@H](NC(=O)c1ccccc1Cl)c1ccc(OC)c(C)c1. The number of amides is 1.